The van der Waals surface area contributed by atoms with Crippen molar-refractivity contribution in [1.82, 2.24) is 10.3 Å². The monoisotopic (exact) mass is 285 g/mol. The van der Waals surface area contributed by atoms with E-state index in [0.717, 1.165) is 6.07 Å². The number of benzene rings is 1. The summed E-state index contributed by atoms with van der Waals surface area (Å²) < 4.78 is 13.0. The van der Waals surface area contributed by atoms with Crippen LogP contribution >= 0.6 is 0 Å². The second kappa shape index (κ2) is 4.78. The van der Waals surface area contributed by atoms with Crippen LogP contribution in [0.4, 0.5) is 10.1 Å². The number of halogens is 1. The minimum absolute atomic E-state index is 0.0870. The minimum Gasteiger partial charge on any atom is -0.321 e. The molecule has 0 unspecified atom stereocenters. The average molecular weight is 285 g/mol. The number of hydrogen-bond acceptors (Lipinski definition) is 4. The summed E-state index contributed by atoms with van der Waals surface area (Å²) in [6, 6.07) is 8.15. The first kappa shape index (κ1) is 12.9. The van der Waals surface area contributed by atoms with Crippen LogP contribution in [-0.2, 0) is 0 Å². The zero-order valence-electron chi connectivity index (χ0n) is 10.5. The normalized spacial score (nSPS) is 12.8. The van der Waals surface area contributed by atoms with Gasteiger partial charge in [-0.2, -0.15) is 4.39 Å². The third-order valence-corrected chi connectivity index (χ3v) is 2.94. The SMILES string of the molecule is O=C(Nc1ccc2c(c1)C(=O)NC2=O)c1cccc(F)n1. The smallest absolute Gasteiger partial charge is 0.274 e. The topological polar surface area (TPSA) is 88.2 Å². The molecule has 6 nitrogen and oxygen atoms in total. The van der Waals surface area contributed by atoms with E-state index in [0.29, 0.717) is 5.69 Å². The van der Waals surface area contributed by atoms with Crippen LogP contribution in [0.1, 0.15) is 31.2 Å². The molecule has 2 heterocycles. The highest BCUT2D eigenvalue weighted by atomic mass is 19.1. The van der Waals surface area contributed by atoms with E-state index < -0.39 is 23.7 Å². The fourth-order valence-corrected chi connectivity index (χ4v) is 1.98. The molecule has 0 spiro atoms. The summed E-state index contributed by atoms with van der Waals surface area (Å²) >= 11 is 0. The summed E-state index contributed by atoms with van der Waals surface area (Å²) in [5.41, 5.74) is 0.664. The fourth-order valence-electron chi connectivity index (χ4n) is 1.98. The van der Waals surface area contributed by atoms with Crippen molar-refractivity contribution in [3.63, 3.8) is 0 Å². The van der Waals surface area contributed by atoms with Crippen LogP contribution in [0.25, 0.3) is 0 Å². The molecule has 0 atom stereocenters. The molecule has 2 N–H and O–H groups in total. The Kier molecular flexibility index (Phi) is 2.94. The third kappa shape index (κ3) is 2.36. The fraction of sp³-hybridized carbons (Fsp3) is 0. The summed E-state index contributed by atoms with van der Waals surface area (Å²) in [6.07, 6.45) is 0. The van der Waals surface area contributed by atoms with Crippen LogP contribution in [0.3, 0.4) is 0 Å². The molecule has 3 rings (SSSR count). The zero-order valence-corrected chi connectivity index (χ0v) is 10.5. The molecule has 3 amide bonds. The summed E-state index contributed by atoms with van der Waals surface area (Å²) in [5, 5.41) is 4.64. The molecule has 1 aliphatic rings. The quantitative estimate of drug-likeness (QED) is 0.644. The van der Waals surface area contributed by atoms with Gasteiger partial charge < -0.3 is 5.32 Å². The Morgan fingerprint density at radius 3 is 2.62 bits per heavy atom. The number of carbonyl (C=O) groups is 3. The number of nitrogens with zero attached hydrogens (tertiary/aromatic N) is 1. The van der Waals surface area contributed by atoms with Gasteiger partial charge in [0.1, 0.15) is 5.69 Å². The number of imide groups is 1. The Labute approximate surface area is 118 Å². The molecular formula is C14H8FN3O3. The third-order valence-electron chi connectivity index (χ3n) is 2.94. The van der Waals surface area contributed by atoms with Gasteiger partial charge >= 0.3 is 0 Å². The van der Waals surface area contributed by atoms with Gasteiger partial charge in [-0.3, -0.25) is 19.7 Å². The van der Waals surface area contributed by atoms with Gasteiger partial charge in [0.05, 0.1) is 11.1 Å². The number of carbonyl (C=O) groups excluding carboxylic acids is 3. The Morgan fingerprint density at radius 2 is 1.86 bits per heavy atom. The predicted octanol–water partition coefficient (Wildman–Crippen LogP) is 1.36. The number of pyridine rings is 1. The first-order chi connectivity index (χ1) is 10.0. The number of aromatic nitrogens is 1. The van der Waals surface area contributed by atoms with Gasteiger partial charge in [-0.1, -0.05) is 6.07 Å². The lowest BCUT2D eigenvalue weighted by atomic mass is 10.1. The van der Waals surface area contributed by atoms with Crippen LogP contribution in [0.2, 0.25) is 0 Å². The maximum atomic E-state index is 13.0. The van der Waals surface area contributed by atoms with E-state index in [1.54, 1.807) is 0 Å². The molecule has 0 fully saturated rings. The summed E-state index contributed by atoms with van der Waals surface area (Å²) in [6.45, 7) is 0. The van der Waals surface area contributed by atoms with Crippen LogP contribution in [0.5, 0.6) is 0 Å². The van der Waals surface area contributed by atoms with Gasteiger partial charge in [0.2, 0.25) is 5.95 Å². The molecule has 1 aliphatic heterocycles. The standard InChI is InChI=1S/C14H8FN3O3/c15-11-3-1-2-10(17-11)14(21)16-7-4-5-8-9(6-7)13(20)18-12(8)19/h1-6H,(H,16,21)(H,18,19,20). The van der Waals surface area contributed by atoms with Crippen molar-refractivity contribution in [2.75, 3.05) is 5.32 Å². The highest BCUT2D eigenvalue weighted by Crippen LogP contribution is 2.20. The first-order valence-corrected chi connectivity index (χ1v) is 5.98. The molecule has 0 radical (unpaired) electrons. The highest BCUT2D eigenvalue weighted by Gasteiger charge is 2.26. The van der Waals surface area contributed by atoms with Crippen molar-refractivity contribution >= 4 is 23.4 Å². The van der Waals surface area contributed by atoms with Gasteiger partial charge in [0.15, 0.2) is 0 Å². The zero-order chi connectivity index (χ0) is 15.0. The highest BCUT2D eigenvalue weighted by molar-refractivity contribution is 6.22. The molecule has 1 aromatic heterocycles. The van der Waals surface area contributed by atoms with Crippen molar-refractivity contribution in [3.05, 3.63) is 59.2 Å². The summed E-state index contributed by atoms with van der Waals surface area (Å²) in [4.78, 5) is 38.3. The van der Waals surface area contributed by atoms with E-state index in [-0.39, 0.29) is 16.8 Å². The average Bonchev–Trinajstić information content (AvgIpc) is 2.74. The Balaban J connectivity index is 1.86. The molecule has 1 aromatic carbocycles. The van der Waals surface area contributed by atoms with Gasteiger partial charge in [-0.05, 0) is 30.3 Å². The van der Waals surface area contributed by atoms with E-state index in [1.165, 1.54) is 30.3 Å². The van der Waals surface area contributed by atoms with Crippen molar-refractivity contribution < 1.29 is 18.8 Å². The van der Waals surface area contributed by atoms with Crippen LogP contribution < -0.4 is 10.6 Å². The number of fused-ring (bicyclic) bond motifs is 1. The predicted molar refractivity (Wildman–Crippen MR) is 70.4 cm³/mol. The lowest BCUT2D eigenvalue weighted by molar-refractivity contribution is 0.0878. The first-order valence-electron chi connectivity index (χ1n) is 5.98. The van der Waals surface area contributed by atoms with Crippen molar-refractivity contribution in [2.24, 2.45) is 0 Å². The Bertz CT molecular complexity index is 789. The van der Waals surface area contributed by atoms with Gasteiger partial charge in [0.25, 0.3) is 17.7 Å². The van der Waals surface area contributed by atoms with E-state index in [9.17, 15) is 18.8 Å². The molecular weight excluding hydrogens is 277 g/mol. The minimum atomic E-state index is -0.762. The van der Waals surface area contributed by atoms with Gasteiger partial charge in [-0.15, -0.1) is 0 Å². The number of hydrogen-bond donors (Lipinski definition) is 2. The summed E-state index contributed by atoms with van der Waals surface area (Å²) in [7, 11) is 0. The maximum absolute atomic E-state index is 13.0. The molecule has 21 heavy (non-hydrogen) atoms. The largest absolute Gasteiger partial charge is 0.321 e. The number of amides is 3. The number of rotatable bonds is 2. The van der Waals surface area contributed by atoms with E-state index >= 15 is 0 Å². The molecule has 104 valence electrons. The molecule has 2 aromatic rings. The van der Waals surface area contributed by atoms with Crippen molar-refractivity contribution in [3.8, 4) is 0 Å². The second-order valence-corrected chi connectivity index (χ2v) is 4.34. The van der Waals surface area contributed by atoms with Gasteiger partial charge in [0, 0.05) is 5.69 Å². The van der Waals surface area contributed by atoms with E-state index in [1.807, 2.05) is 0 Å². The molecule has 0 saturated carbocycles. The second-order valence-electron chi connectivity index (χ2n) is 4.34. The lowest BCUT2D eigenvalue weighted by Gasteiger charge is -2.05. The maximum Gasteiger partial charge on any atom is 0.274 e. The molecule has 0 aliphatic carbocycles. The number of anilines is 1. The van der Waals surface area contributed by atoms with E-state index in [4.69, 9.17) is 0 Å². The van der Waals surface area contributed by atoms with Crippen LogP contribution in [0, 0.1) is 5.95 Å². The van der Waals surface area contributed by atoms with Crippen LogP contribution in [0.15, 0.2) is 36.4 Å². The Hall–Kier alpha value is -3.09. The number of nitrogens with one attached hydrogen (secondary N) is 2. The van der Waals surface area contributed by atoms with Gasteiger partial charge in [-0.25, -0.2) is 4.98 Å². The van der Waals surface area contributed by atoms with E-state index in [2.05, 4.69) is 15.6 Å². The Morgan fingerprint density at radius 1 is 1.10 bits per heavy atom. The lowest BCUT2D eigenvalue weighted by Crippen LogP contribution is -2.19. The summed E-state index contributed by atoms with van der Waals surface area (Å²) in [5.74, 6) is -2.37. The van der Waals surface area contributed by atoms with Crippen LogP contribution in [-0.4, -0.2) is 22.7 Å². The van der Waals surface area contributed by atoms with Crippen molar-refractivity contribution in [2.45, 2.75) is 0 Å². The molecule has 0 bridgehead atoms. The molecule has 0 saturated heterocycles. The molecule has 7 heteroatoms. The van der Waals surface area contributed by atoms with Crippen molar-refractivity contribution in [1.29, 1.82) is 0 Å².